The van der Waals surface area contributed by atoms with E-state index in [4.69, 9.17) is 0 Å². The zero-order chi connectivity index (χ0) is 31.8. The number of anilines is 4. The highest BCUT2D eigenvalue weighted by Gasteiger charge is 2.66. The lowest BCUT2D eigenvalue weighted by Gasteiger charge is -2.57. The molecule has 0 radical (unpaired) electrons. The summed E-state index contributed by atoms with van der Waals surface area (Å²) in [7, 11) is 0. The largest absolute Gasteiger partial charge is 0.335 e. The van der Waals surface area contributed by atoms with Crippen LogP contribution in [0.1, 0.15) is 135 Å². The molecular formula is C43H53BN2. The van der Waals surface area contributed by atoms with E-state index in [1.165, 1.54) is 86.7 Å². The summed E-state index contributed by atoms with van der Waals surface area (Å²) in [4.78, 5) is 5.87. The third-order valence-electron chi connectivity index (χ3n) is 15.7. The topological polar surface area (TPSA) is 6.48 Å². The van der Waals surface area contributed by atoms with Crippen LogP contribution in [0.4, 0.5) is 22.7 Å². The maximum atomic E-state index is 2.95. The number of hydrogen-bond donors (Lipinski definition) is 0. The molecule has 0 aromatic heterocycles. The zero-order valence-corrected chi connectivity index (χ0v) is 29.7. The second-order valence-corrected chi connectivity index (χ2v) is 18.9. The van der Waals surface area contributed by atoms with E-state index in [0.29, 0.717) is 0 Å². The van der Waals surface area contributed by atoms with E-state index in [0.717, 1.165) is 11.8 Å². The number of nitrogens with zero attached hydrogens (tertiary/aromatic N) is 2. The van der Waals surface area contributed by atoms with Crippen molar-refractivity contribution >= 4 is 45.9 Å². The average molecular weight is 609 g/mol. The SMILES string of the molecule is Cc1cc2c3c(c1)C1(C)CC4CCCCC4CC1(C)N3c1cccc3c1B2c1cc(C(C)(C)C)cc2c1N3C1(C)CCCCC21C. The van der Waals surface area contributed by atoms with Crippen LogP contribution >= 0.6 is 0 Å². The summed E-state index contributed by atoms with van der Waals surface area (Å²) in [5.41, 5.74) is 17.8. The second-order valence-electron chi connectivity index (χ2n) is 18.9. The smallest absolute Gasteiger partial charge is 0.252 e. The monoisotopic (exact) mass is 608 g/mol. The minimum absolute atomic E-state index is 0.0839. The number of fused-ring (bicyclic) bond motifs is 11. The molecule has 3 aromatic carbocycles. The van der Waals surface area contributed by atoms with Crippen molar-refractivity contribution < 1.29 is 0 Å². The molecule has 0 saturated heterocycles. The maximum absolute atomic E-state index is 2.95. The summed E-state index contributed by atoms with van der Waals surface area (Å²) in [5, 5.41) is 0. The first kappa shape index (κ1) is 28.3. The van der Waals surface area contributed by atoms with Crippen LogP contribution in [-0.2, 0) is 16.2 Å². The van der Waals surface area contributed by atoms with Crippen molar-refractivity contribution in [1.82, 2.24) is 0 Å². The van der Waals surface area contributed by atoms with Gasteiger partial charge in [0, 0.05) is 33.6 Å². The molecule has 46 heavy (non-hydrogen) atoms. The highest BCUT2D eigenvalue weighted by atomic mass is 15.3. The fourth-order valence-electron chi connectivity index (χ4n) is 13.0. The fraction of sp³-hybridized carbons (Fsp3) is 0.581. The Morgan fingerprint density at radius 2 is 1.30 bits per heavy atom. The van der Waals surface area contributed by atoms with Crippen molar-refractivity contribution in [3.05, 3.63) is 64.7 Å². The van der Waals surface area contributed by atoms with Gasteiger partial charge in [-0.2, -0.15) is 0 Å². The van der Waals surface area contributed by atoms with Gasteiger partial charge in [-0.15, -0.1) is 0 Å². The van der Waals surface area contributed by atoms with Crippen molar-refractivity contribution in [3.8, 4) is 0 Å². The van der Waals surface area contributed by atoms with Gasteiger partial charge >= 0.3 is 0 Å². The summed E-state index contributed by atoms with van der Waals surface area (Å²) in [6, 6.07) is 18.0. The molecule has 3 aromatic rings. The summed E-state index contributed by atoms with van der Waals surface area (Å²) in [6.45, 7) is 20.6. The van der Waals surface area contributed by atoms with Crippen LogP contribution < -0.4 is 26.2 Å². The Kier molecular flexibility index (Phi) is 5.23. The summed E-state index contributed by atoms with van der Waals surface area (Å²) >= 11 is 0. The summed E-state index contributed by atoms with van der Waals surface area (Å²) in [6.07, 6.45) is 13.6. The minimum Gasteiger partial charge on any atom is -0.335 e. The standard InChI is InChI=1S/C43H53BN2/c1-26-20-30-37-32(21-26)44-33-23-29(39(2,3)4)22-31-38(33)45(42(7)19-12-11-18-40(31,42)5)34-16-13-17-35(36(34)44)46(37)43(8)25-28-15-10-9-14-27(28)24-41(30,43)6/h13,16-17,20-23,27-28H,9-12,14-15,18-19,24-25H2,1-8H3. The Morgan fingerprint density at radius 1 is 0.696 bits per heavy atom. The molecule has 0 spiro atoms. The molecule has 0 bridgehead atoms. The van der Waals surface area contributed by atoms with Crippen LogP contribution in [0.25, 0.3) is 0 Å². The molecule has 238 valence electrons. The Balaban J connectivity index is 1.31. The molecule has 4 heterocycles. The molecular weight excluding hydrogens is 555 g/mol. The normalized spacial score (nSPS) is 36.0. The molecule has 3 aliphatic carbocycles. The first-order valence-electron chi connectivity index (χ1n) is 18.9. The van der Waals surface area contributed by atoms with Gasteiger partial charge in [-0.05, 0) is 109 Å². The molecule has 10 rings (SSSR count). The molecule has 3 fully saturated rings. The van der Waals surface area contributed by atoms with Gasteiger partial charge in [0.1, 0.15) is 0 Å². The van der Waals surface area contributed by atoms with Crippen molar-refractivity contribution in [3.63, 3.8) is 0 Å². The minimum atomic E-state index is 0.0839. The Hall–Kier alpha value is -2.68. The molecule has 4 aliphatic heterocycles. The molecule has 3 saturated carbocycles. The number of aryl methyl sites for hydroxylation is 1. The van der Waals surface area contributed by atoms with Gasteiger partial charge in [0.25, 0.3) is 6.71 Å². The summed E-state index contributed by atoms with van der Waals surface area (Å²) < 4.78 is 0. The van der Waals surface area contributed by atoms with E-state index < -0.39 is 0 Å². The maximum Gasteiger partial charge on any atom is 0.252 e. The average Bonchev–Trinajstić information content (AvgIpc) is 3.34. The first-order valence-corrected chi connectivity index (χ1v) is 18.9. The molecule has 6 unspecified atom stereocenters. The van der Waals surface area contributed by atoms with E-state index in [1.807, 2.05) is 0 Å². The molecule has 2 nitrogen and oxygen atoms in total. The van der Waals surface area contributed by atoms with Gasteiger partial charge in [0.15, 0.2) is 0 Å². The molecule has 3 heteroatoms. The molecule has 6 atom stereocenters. The van der Waals surface area contributed by atoms with Crippen molar-refractivity contribution in [2.45, 2.75) is 147 Å². The fourth-order valence-corrected chi connectivity index (χ4v) is 13.0. The number of rotatable bonds is 0. The first-order chi connectivity index (χ1) is 21.8. The van der Waals surface area contributed by atoms with Crippen molar-refractivity contribution in [2.24, 2.45) is 11.8 Å². The van der Waals surface area contributed by atoms with Crippen LogP contribution in [0.5, 0.6) is 0 Å². The van der Waals surface area contributed by atoms with Crippen molar-refractivity contribution in [1.29, 1.82) is 0 Å². The number of hydrogen-bond acceptors (Lipinski definition) is 2. The Morgan fingerprint density at radius 3 is 2.00 bits per heavy atom. The highest BCUT2D eigenvalue weighted by Crippen LogP contribution is 2.66. The van der Waals surface area contributed by atoms with Crippen LogP contribution in [0.15, 0.2) is 42.5 Å². The second kappa shape index (κ2) is 8.48. The van der Waals surface area contributed by atoms with Gasteiger partial charge in [-0.3, -0.25) is 0 Å². The quantitative estimate of drug-likeness (QED) is 0.235. The molecule has 7 aliphatic rings. The van der Waals surface area contributed by atoms with Gasteiger partial charge in [0.2, 0.25) is 0 Å². The van der Waals surface area contributed by atoms with E-state index in [-0.39, 0.29) is 34.0 Å². The van der Waals surface area contributed by atoms with Crippen LogP contribution in [0, 0.1) is 18.8 Å². The lowest BCUT2D eigenvalue weighted by Crippen LogP contribution is -2.67. The van der Waals surface area contributed by atoms with E-state index in [1.54, 1.807) is 38.9 Å². The van der Waals surface area contributed by atoms with Gasteiger partial charge < -0.3 is 9.80 Å². The predicted octanol–water partition coefficient (Wildman–Crippen LogP) is 8.95. The third kappa shape index (κ3) is 3.01. The van der Waals surface area contributed by atoms with E-state index in [2.05, 4.69) is 108 Å². The summed E-state index contributed by atoms with van der Waals surface area (Å²) in [5.74, 6) is 1.74. The Labute approximate surface area is 278 Å². The van der Waals surface area contributed by atoms with Gasteiger partial charge in [-0.1, -0.05) is 109 Å². The van der Waals surface area contributed by atoms with Crippen LogP contribution in [0.2, 0.25) is 0 Å². The zero-order valence-electron chi connectivity index (χ0n) is 29.7. The van der Waals surface area contributed by atoms with Crippen LogP contribution in [-0.4, -0.2) is 17.8 Å². The molecule has 0 amide bonds. The lowest BCUT2D eigenvalue weighted by atomic mass is 9.33. The van der Waals surface area contributed by atoms with Gasteiger partial charge in [-0.25, -0.2) is 0 Å². The number of benzene rings is 3. The van der Waals surface area contributed by atoms with Gasteiger partial charge in [0.05, 0.1) is 11.1 Å². The van der Waals surface area contributed by atoms with Crippen LogP contribution in [0.3, 0.4) is 0 Å². The van der Waals surface area contributed by atoms with Crippen molar-refractivity contribution in [2.75, 3.05) is 9.80 Å². The Bertz CT molecular complexity index is 1870. The third-order valence-corrected chi connectivity index (χ3v) is 15.7. The highest BCUT2D eigenvalue weighted by molar-refractivity contribution is 7.00. The predicted molar refractivity (Wildman–Crippen MR) is 196 cm³/mol. The molecule has 0 N–H and O–H groups in total. The van der Waals surface area contributed by atoms with E-state index >= 15 is 0 Å². The van der Waals surface area contributed by atoms with E-state index in [9.17, 15) is 0 Å². The lowest BCUT2D eigenvalue weighted by molar-refractivity contribution is 0.0581.